The molecule has 2 unspecified atom stereocenters. The fourth-order valence-electron chi connectivity index (χ4n) is 4.34. The number of nitrogens with zero attached hydrogens (tertiary/aromatic N) is 3. The maximum Gasteiger partial charge on any atom is 0.240 e. The molecule has 2 saturated heterocycles. The minimum Gasteiger partial charge on any atom is -0.378 e. The Kier molecular flexibility index (Phi) is 7.54. The summed E-state index contributed by atoms with van der Waals surface area (Å²) in [6.45, 7) is 4.75. The van der Waals surface area contributed by atoms with Gasteiger partial charge >= 0.3 is 0 Å². The van der Waals surface area contributed by atoms with E-state index in [1.807, 2.05) is 11.8 Å². The van der Waals surface area contributed by atoms with Crippen LogP contribution in [0.15, 0.2) is 54.6 Å². The molecule has 2 aromatic rings. The van der Waals surface area contributed by atoms with E-state index < -0.39 is 0 Å². The molecule has 0 radical (unpaired) electrons. The Hall–Kier alpha value is -2.02. The second-order valence-electron chi connectivity index (χ2n) is 8.68. The van der Waals surface area contributed by atoms with Crippen molar-refractivity contribution in [2.75, 3.05) is 57.5 Å². The van der Waals surface area contributed by atoms with Crippen LogP contribution in [0.2, 0.25) is 0 Å². The highest BCUT2D eigenvalue weighted by atomic mass is 32.2. The van der Waals surface area contributed by atoms with Crippen molar-refractivity contribution < 1.29 is 4.79 Å². The first-order valence-electron chi connectivity index (χ1n) is 11.3. The molecule has 6 heteroatoms. The van der Waals surface area contributed by atoms with Gasteiger partial charge in [0.1, 0.15) is 0 Å². The Morgan fingerprint density at radius 1 is 1.06 bits per heavy atom. The highest BCUT2D eigenvalue weighted by Crippen LogP contribution is 2.34. The van der Waals surface area contributed by atoms with Crippen LogP contribution in [-0.4, -0.2) is 74.3 Å². The molecule has 0 saturated carbocycles. The normalized spacial score (nSPS) is 21.9. The van der Waals surface area contributed by atoms with Gasteiger partial charge in [-0.15, -0.1) is 11.8 Å². The lowest BCUT2D eigenvalue weighted by Gasteiger charge is -2.36. The van der Waals surface area contributed by atoms with Crippen molar-refractivity contribution in [2.24, 2.45) is 0 Å². The number of hydrogen-bond acceptors (Lipinski definition) is 5. The largest absolute Gasteiger partial charge is 0.378 e. The average Bonchev–Trinajstić information content (AvgIpc) is 3.30. The summed E-state index contributed by atoms with van der Waals surface area (Å²) in [6.07, 6.45) is 2.30. The van der Waals surface area contributed by atoms with Crippen LogP contribution in [0.25, 0.3) is 0 Å². The zero-order chi connectivity index (χ0) is 21.6. The van der Waals surface area contributed by atoms with E-state index in [1.54, 1.807) is 0 Å². The van der Waals surface area contributed by atoms with Gasteiger partial charge in [-0.1, -0.05) is 42.5 Å². The first-order valence-corrected chi connectivity index (χ1v) is 12.3. The van der Waals surface area contributed by atoms with Gasteiger partial charge in [0.2, 0.25) is 5.91 Å². The fourth-order valence-corrected chi connectivity index (χ4v) is 5.56. The van der Waals surface area contributed by atoms with E-state index in [9.17, 15) is 4.79 Å². The van der Waals surface area contributed by atoms with Crippen LogP contribution in [0, 0.1) is 0 Å². The molecule has 2 aromatic carbocycles. The van der Waals surface area contributed by atoms with E-state index in [4.69, 9.17) is 0 Å². The van der Waals surface area contributed by atoms with Gasteiger partial charge in [0.25, 0.3) is 0 Å². The lowest BCUT2D eigenvalue weighted by atomic mass is 10.1. The molecule has 1 N–H and O–H groups in total. The number of rotatable bonds is 7. The number of nitrogens with one attached hydrogen (secondary N) is 1. The maximum atomic E-state index is 13.1. The molecule has 0 bridgehead atoms. The number of carbonyl (C=O) groups is 1. The Labute approximate surface area is 190 Å². The molecule has 0 aliphatic carbocycles. The van der Waals surface area contributed by atoms with Crippen LogP contribution in [0.3, 0.4) is 0 Å². The van der Waals surface area contributed by atoms with Crippen molar-refractivity contribution in [1.29, 1.82) is 0 Å². The van der Waals surface area contributed by atoms with Crippen molar-refractivity contribution in [1.82, 2.24) is 15.1 Å². The van der Waals surface area contributed by atoms with Gasteiger partial charge in [-0.05, 0) is 42.6 Å². The van der Waals surface area contributed by atoms with Crippen molar-refractivity contribution in [3.8, 4) is 0 Å². The van der Waals surface area contributed by atoms with Crippen molar-refractivity contribution in [2.45, 2.75) is 24.3 Å². The third kappa shape index (κ3) is 5.82. The van der Waals surface area contributed by atoms with E-state index in [0.717, 1.165) is 44.9 Å². The molecule has 1 amide bonds. The first kappa shape index (κ1) is 22.2. The monoisotopic (exact) mass is 438 g/mol. The van der Waals surface area contributed by atoms with Gasteiger partial charge in [-0.2, -0.15) is 0 Å². The van der Waals surface area contributed by atoms with E-state index in [0.29, 0.717) is 0 Å². The Morgan fingerprint density at radius 2 is 1.84 bits per heavy atom. The summed E-state index contributed by atoms with van der Waals surface area (Å²) in [7, 11) is 4.12. The van der Waals surface area contributed by atoms with Crippen molar-refractivity contribution in [3.63, 3.8) is 0 Å². The van der Waals surface area contributed by atoms with Gasteiger partial charge in [-0.25, -0.2) is 0 Å². The van der Waals surface area contributed by atoms with E-state index >= 15 is 0 Å². The molecular formula is C25H34N4OS. The number of anilines is 1. The van der Waals surface area contributed by atoms with Gasteiger partial charge in [0, 0.05) is 51.7 Å². The Bertz CT molecular complexity index is 852. The average molecular weight is 439 g/mol. The third-order valence-corrected chi connectivity index (χ3v) is 7.50. The molecule has 0 spiro atoms. The SMILES string of the molecule is CN(C)c1cccc(C2NC(C(=O)N3CCN(CCCc4ccccc4)CC3)CS2)c1. The summed E-state index contributed by atoms with van der Waals surface area (Å²) in [5.74, 6) is 1.11. The second-order valence-corrected chi connectivity index (χ2v) is 9.82. The number of aryl methyl sites for hydroxylation is 1. The standard InChI is InChI=1S/C25H34N4OS/c1-27(2)22-12-6-11-21(18-22)24-26-23(19-31-24)25(30)29-16-14-28(15-17-29)13-7-10-20-8-4-3-5-9-20/h3-6,8-9,11-12,18,23-24,26H,7,10,13-17,19H2,1-2H3. The van der Waals surface area contributed by atoms with E-state index in [1.165, 1.54) is 23.2 Å². The van der Waals surface area contributed by atoms with E-state index in [-0.39, 0.29) is 17.3 Å². The van der Waals surface area contributed by atoms with Crippen LogP contribution >= 0.6 is 11.8 Å². The van der Waals surface area contributed by atoms with Crippen LogP contribution in [0.1, 0.15) is 22.9 Å². The lowest BCUT2D eigenvalue weighted by Crippen LogP contribution is -2.53. The molecule has 4 rings (SSSR count). The molecule has 2 atom stereocenters. The summed E-state index contributed by atoms with van der Waals surface area (Å²) in [6, 6.07) is 19.2. The molecule has 31 heavy (non-hydrogen) atoms. The molecule has 2 fully saturated rings. The summed E-state index contributed by atoms with van der Waals surface area (Å²) < 4.78 is 0. The zero-order valence-corrected chi connectivity index (χ0v) is 19.5. The predicted molar refractivity (Wildman–Crippen MR) is 131 cm³/mol. The number of thioether (sulfide) groups is 1. The number of piperazine rings is 1. The number of benzene rings is 2. The quantitative estimate of drug-likeness (QED) is 0.719. The van der Waals surface area contributed by atoms with E-state index in [2.05, 4.69) is 88.7 Å². The number of hydrogen-bond donors (Lipinski definition) is 1. The highest BCUT2D eigenvalue weighted by Gasteiger charge is 2.34. The van der Waals surface area contributed by atoms with Gasteiger partial charge in [0.15, 0.2) is 0 Å². The molecule has 2 aliphatic heterocycles. The summed E-state index contributed by atoms with van der Waals surface area (Å²) in [4.78, 5) is 19.8. The second kappa shape index (κ2) is 10.5. The molecule has 5 nitrogen and oxygen atoms in total. The molecule has 2 aliphatic rings. The lowest BCUT2D eigenvalue weighted by molar-refractivity contribution is -0.134. The molecule has 0 aromatic heterocycles. The maximum absolute atomic E-state index is 13.1. The summed E-state index contributed by atoms with van der Waals surface area (Å²) in [5, 5.41) is 3.76. The Balaban J connectivity index is 1.21. The summed E-state index contributed by atoms with van der Waals surface area (Å²) >= 11 is 1.84. The highest BCUT2D eigenvalue weighted by molar-refractivity contribution is 7.99. The van der Waals surface area contributed by atoms with Crippen molar-refractivity contribution >= 4 is 23.4 Å². The van der Waals surface area contributed by atoms with Gasteiger partial charge < -0.3 is 9.80 Å². The Morgan fingerprint density at radius 3 is 2.58 bits per heavy atom. The molecule has 2 heterocycles. The molecular weight excluding hydrogens is 404 g/mol. The van der Waals surface area contributed by atoms with Gasteiger partial charge in [-0.3, -0.25) is 15.0 Å². The number of carbonyl (C=O) groups excluding carboxylic acids is 1. The number of amides is 1. The predicted octanol–water partition coefficient (Wildman–Crippen LogP) is 3.23. The smallest absolute Gasteiger partial charge is 0.240 e. The fraction of sp³-hybridized carbons (Fsp3) is 0.480. The van der Waals surface area contributed by atoms with Crippen LogP contribution in [-0.2, 0) is 11.2 Å². The minimum absolute atomic E-state index is 0.0809. The van der Waals surface area contributed by atoms with Gasteiger partial charge in [0.05, 0.1) is 11.4 Å². The first-order chi connectivity index (χ1) is 15.1. The summed E-state index contributed by atoms with van der Waals surface area (Å²) in [5.41, 5.74) is 3.85. The van der Waals surface area contributed by atoms with Crippen LogP contribution in [0.5, 0.6) is 0 Å². The topological polar surface area (TPSA) is 38.8 Å². The van der Waals surface area contributed by atoms with Crippen LogP contribution in [0.4, 0.5) is 5.69 Å². The molecule has 166 valence electrons. The zero-order valence-electron chi connectivity index (χ0n) is 18.7. The minimum atomic E-state index is -0.0809. The van der Waals surface area contributed by atoms with Crippen LogP contribution < -0.4 is 10.2 Å². The third-order valence-electron chi connectivity index (χ3n) is 6.24. The van der Waals surface area contributed by atoms with Crippen molar-refractivity contribution in [3.05, 3.63) is 65.7 Å².